The van der Waals surface area contributed by atoms with E-state index < -0.39 is 0 Å². The summed E-state index contributed by atoms with van der Waals surface area (Å²) in [7, 11) is 0. The molecule has 31 heavy (non-hydrogen) atoms. The number of hydrogen-bond donors (Lipinski definition) is 1. The van der Waals surface area contributed by atoms with E-state index in [0.29, 0.717) is 36.9 Å². The number of carbonyl (C=O) groups is 1. The number of aromatic amines is 1. The second-order valence-corrected chi connectivity index (χ2v) is 8.38. The Bertz CT molecular complexity index is 1120. The molecule has 1 aliphatic rings. The number of aryl methyl sites for hydroxylation is 1. The quantitative estimate of drug-likeness (QED) is 0.674. The second kappa shape index (κ2) is 8.49. The first-order valence-electron chi connectivity index (χ1n) is 10.7. The number of H-pyrrole nitrogens is 1. The third-order valence-electron chi connectivity index (χ3n) is 6.26. The minimum atomic E-state index is -0.178. The van der Waals surface area contributed by atoms with E-state index in [-0.39, 0.29) is 23.3 Å². The molecule has 3 aromatic heterocycles. The van der Waals surface area contributed by atoms with Crippen molar-refractivity contribution in [2.75, 3.05) is 13.1 Å². The van der Waals surface area contributed by atoms with Gasteiger partial charge in [0, 0.05) is 37.0 Å². The number of piperidine rings is 1. The molecule has 164 valence electrons. The first-order valence-corrected chi connectivity index (χ1v) is 10.7. The lowest BCUT2D eigenvalue weighted by atomic mass is 9.95. The van der Waals surface area contributed by atoms with Gasteiger partial charge in [-0.25, -0.2) is 0 Å². The van der Waals surface area contributed by atoms with Gasteiger partial charge in [0.2, 0.25) is 11.5 Å². The summed E-state index contributed by atoms with van der Waals surface area (Å²) in [6, 6.07) is 3.08. The third-order valence-corrected chi connectivity index (χ3v) is 6.26. The average molecular weight is 425 g/mol. The lowest BCUT2D eigenvalue weighted by Gasteiger charge is -2.32. The van der Waals surface area contributed by atoms with Gasteiger partial charge in [-0.05, 0) is 45.2 Å². The summed E-state index contributed by atoms with van der Waals surface area (Å²) in [5.74, 6) is 1.22. The van der Waals surface area contributed by atoms with E-state index in [0.717, 1.165) is 24.2 Å². The Balaban J connectivity index is 1.35. The summed E-state index contributed by atoms with van der Waals surface area (Å²) in [4.78, 5) is 33.2. The van der Waals surface area contributed by atoms with E-state index in [9.17, 15) is 9.59 Å². The summed E-state index contributed by atoms with van der Waals surface area (Å²) >= 11 is 0. The largest absolute Gasteiger partial charge is 0.342 e. The summed E-state index contributed by atoms with van der Waals surface area (Å²) in [6.07, 6.45) is 3.15. The van der Waals surface area contributed by atoms with Gasteiger partial charge in [-0.2, -0.15) is 10.1 Å². The molecule has 1 aliphatic heterocycles. The number of likely N-dealkylation sites (tertiary alicyclic amines) is 1. The predicted octanol–water partition coefficient (Wildman–Crippen LogP) is 2.59. The molecule has 1 fully saturated rings. The summed E-state index contributed by atoms with van der Waals surface area (Å²) in [6.45, 7) is 10.0. The van der Waals surface area contributed by atoms with E-state index in [1.807, 2.05) is 30.4 Å². The van der Waals surface area contributed by atoms with E-state index in [1.165, 1.54) is 11.6 Å². The van der Waals surface area contributed by atoms with Crippen LogP contribution in [-0.2, 0) is 11.3 Å². The van der Waals surface area contributed by atoms with Gasteiger partial charge >= 0.3 is 0 Å². The van der Waals surface area contributed by atoms with E-state index in [2.05, 4.69) is 27.1 Å². The van der Waals surface area contributed by atoms with Crippen molar-refractivity contribution in [1.82, 2.24) is 29.8 Å². The van der Waals surface area contributed by atoms with Crippen molar-refractivity contribution >= 4 is 5.91 Å². The Morgan fingerprint density at radius 3 is 2.61 bits per heavy atom. The molecular formula is C22H28N6O3. The van der Waals surface area contributed by atoms with Crippen LogP contribution in [0.5, 0.6) is 0 Å². The van der Waals surface area contributed by atoms with Crippen LogP contribution in [0, 0.1) is 26.7 Å². The monoisotopic (exact) mass is 424 g/mol. The molecule has 4 rings (SSSR count). The molecule has 9 nitrogen and oxygen atoms in total. The van der Waals surface area contributed by atoms with Crippen LogP contribution in [0.3, 0.4) is 0 Å². The number of nitrogens with one attached hydrogen (secondary N) is 1. The molecule has 9 heteroatoms. The van der Waals surface area contributed by atoms with Gasteiger partial charge in [-0.1, -0.05) is 12.1 Å². The maximum Gasteiger partial charge on any atom is 0.259 e. The summed E-state index contributed by atoms with van der Waals surface area (Å²) < 4.78 is 7.31. The molecule has 0 spiro atoms. The van der Waals surface area contributed by atoms with Crippen LogP contribution in [0.2, 0.25) is 0 Å². The number of amides is 1. The number of rotatable bonds is 5. The molecule has 1 saturated heterocycles. The van der Waals surface area contributed by atoms with Crippen molar-refractivity contribution in [3.05, 3.63) is 51.5 Å². The topological polar surface area (TPSA) is 110 Å². The van der Waals surface area contributed by atoms with Crippen molar-refractivity contribution in [2.24, 2.45) is 5.92 Å². The van der Waals surface area contributed by atoms with Crippen LogP contribution in [0.4, 0.5) is 0 Å². The molecule has 0 aromatic carbocycles. The van der Waals surface area contributed by atoms with Crippen LogP contribution < -0.4 is 5.56 Å². The first kappa shape index (κ1) is 21.0. The van der Waals surface area contributed by atoms with Crippen molar-refractivity contribution in [1.29, 1.82) is 0 Å². The standard InChI is InChI=1S/C22H28N6O3/c1-13(12-28-16(4)14(2)15(3)25-28)22(30)27-9-7-17(8-10-27)20-24-21(31-26-20)18-5-6-19(29)23-11-18/h5-6,11,13,17H,7-10,12H2,1-4H3,(H,23,29). The molecule has 0 saturated carbocycles. The number of hydrogen-bond acceptors (Lipinski definition) is 6. The van der Waals surface area contributed by atoms with Gasteiger partial charge in [0.15, 0.2) is 5.82 Å². The van der Waals surface area contributed by atoms with Crippen molar-refractivity contribution < 1.29 is 9.32 Å². The van der Waals surface area contributed by atoms with Crippen molar-refractivity contribution in [3.63, 3.8) is 0 Å². The van der Waals surface area contributed by atoms with Crippen LogP contribution >= 0.6 is 0 Å². The molecule has 1 atom stereocenters. The first-order chi connectivity index (χ1) is 14.8. The Labute approximate surface area is 180 Å². The zero-order valence-electron chi connectivity index (χ0n) is 18.4. The maximum absolute atomic E-state index is 13.0. The highest BCUT2D eigenvalue weighted by molar-refractivity contribution is 5.78. The van der Waals surface area contributed by atoms with Gasteiger partial charge in [0.1, 0.15) is 0 Å². The van der Waals surface area contributed by atoms with Gasteiger partial charge in [0.05, 0.1) is 23.7 Å². The fourth-order valence-corrected chi connectivity index (χ4v) is 4.03. The summed E-state index contributed by atoms with van der Waals surface area (Å²) in [5.41, 5.74) is 3.81. The lowest BCUT2D eigenvalue weighted by Crippen LogP contribution is -2.42. The molecule has 0 bridgehead atoms. The van der Waals surface area contributed by atoms with Crippen LogP contribution in [0.25, 0.3) is 11.5 Å². The minimum Gasteiger partial charge on any atom is -0.342 e. The molecule has 3 aromatic rings. The van der Waals surface area contributed by atoms with E-state index in [1.54, 1.807) is 12.3 Å². The molecule has 1 unspecified atom stereocenters. The maximum atomic E-state index is 13.0. The van der Waals surface area contributed by atoms with Crippen molar-refractivity contribution in [2.45, 2.75) is 53.0 Å². The van der Waals surface area contributed by atoms with Crippen LogP contribution in [-0.4, -0.2) is 48.8 Å². The second-order valence-electron chi connectivity index (χ2n) is 8.38. The fourth-order valence-electron chi connectivity index (χ4n) is 4.03. The Hall–Kier alpha value is -3.23. The van der Waals surface area contributed by atoms with Gasteiger partial charge < -0.3 is 14.4 Å². The molecular weight excluding hydrogens is 396 g/mol. The van der Waals surface area contributed by atoms with E-state index >= 15 is 0 Å². The number of aromatic nitrogens is 5. The average Bonchev–Trinajstić information content (AvgIpc) is 3.35. The van der Waals surface area contributed by atoms with Crippen molar-refractivity contribution in [3.8, 4) is 11.5 Å². The highest BCUT2D eigenvalue weighted by atomic mass is 16.5. The van der Waals surface area contributed by atoms with Crippen LogP contribution in [0.15, 0.2) is 27.6 Å². The number of pyridine rings is 1. The Morgan fingerprint density at radius 1 is 1.26 bits per heavy atom. The highest BCUT2D eigenvalue weighted by Crippen LogP contribution is 2.28. The third kappa shape index (κ3) is 4.30. The van der Waals surface area contributed by atoms with Gasteiger partial charge in [0.25, 0.3) is 5.89 Å². The normalized spacial score (nSPS) is 15.9. The van der Waals surface area contributed by atoms with Gasteiger partial charge in [-0.15, -0.1) is 0 Å². The lowest BCUT2D eigenvalue weighted by molar-refractivity contribution is -0.136. The molecule has 0 aliphatic carbocycles. The highest BCUT2D eigenvalue weighted by Gasteiger charge is 2.29. The predicted molar refractivity (Wildman–Crippen MR) is 115 cm³/mol. The minimum absolute atomic E-state index is 0.133. The van der Waals surface area contributed by atoms with Crippen LogP contribution in [0.1, 0.15) is 48.5 Å². The SMILES string of the molecule is Cc1nn(CC(C)C(=O)N2CCC(c3noc(-c4ccc(=O)[nH]c4)n3)CC2)c(C)c1C. The summed E-state index contributed by atoms with van der Waals surface area (Å²) in [5, 5.41) is 8.69. The fraction of sp³-hybridized carbons (Fsp3) is 0.500. The number of nitrogens with zero attached hydrogens (tertiary/aromatic N) is 5. The number of carbonyl (C=O) groups excluding carboxylic acids is 1. The Morgan fingerprint density at radius 2 is 2.00 bits per heavy atom. The molecule has 4 heterocycles. The molecule has 1 N–H and O–H groups in total. The Kier molecular flexibility index (Phi) is 5.75. The zero-order valence-corrected chi connectivity index (χ0v) is 18.4. The molecule has 1 amide bonds. The zero-order chi connectivity index (χ0) is 22.1. The molecule has 0 radical (unpaired) electrons. The van der Waals surface area contributed by atoms with E-state index in [4.69, 9.17) is 4.52 Å². The smallest absolute Gasteiger partial charge is 0.259 e. The van der Waals surface area contributed by atoms with Gasteiger partial charge in [-0.3, -0.25) is 14.3 Å².